The normalized spacial score (nSPS) is 11.4. The predicted molar refractivity (Wildman–Crippen MR) is 86.0 cm³/mol. The number of nitrogens with one attached hydrogen (secondary N) is 1. The maximum Gasteiger partial charge on any atom is 0.408 e. The number of hydrogen-bond acceptors (Lipinski definition) is 4. The molecule has 0 fully saturated rings. The van der Waals surface area contributed by atoms with Gasteiger partial charge in [0.05, 0.1) is 7.11 Å². The van der Waals surface area contributed by atoms with Crippen LogP contribution in [0.3, 0.4) is 0 Å². The van der Waals surface area contributed by atoms with Crippen molar-refractivity contribution in [3.05, 3.63) is 70.7 Å². The zero-order chi connectivity index (χ0) is 16.7. The Kier molecular flexibility index (Phi) is 6.00. The zero-order valence-electron chi connectivity index (χ0n) is 12.5. The summed E-state index contributed by atoms with van der Waals surface area (Å²) in [5.74, 6) is -0.630. The van der Waals surface area contributed by atoms with Gasteiger partial charge >= 0.3 is 12.1 Å². The number of benzene rings is 2. The molecular formula is C17H16ClNO4. The molecule has 0 aromatic heterocycles. The number of methoxy groups -OCH3 is 1. The second-order valence-electron chi connectivity index (χ2n) is 4.68. The highest BCUT2D eigenvalue weighted by Crippen LogP contribution is 2.23. The highest BCUT2D eigenvalue weighted by molar-refractivity contribution is 6.31. The number of carbonyl (C=O) groups is 2. The van der Waals surface area contributed by atoms with E-state index in [1.54, 1.807) is 24.3 Å². The number of amides is 1. The minimum absolute atomic E-state index is 0.100. The standard InChI is InChI=1S/C17H16ClNO4/c1-22-16(20)15(13-9-5-6-10-14(13)18)19-17(21)23-11-12-7-3-2-4-8-12/h2-10,15H,11H2,1H3,(H,19,21)/t15-/m0/s1. The molecular weight excluding hydrogens is 318 g/mol. The molecule has 0 heterocycles. The Hall–Kier alpha value is -2.53. The highest BCUT2D eigenvalue weighted by atomic mass is 35.5. The fraction of sp³-hybridized carbons (Fsp3) is 0.176. The molecule has 5 nitrogen and oxygen atoms in total. The van der Waals surface area contributed by atoms with Crippen molar-refractivity contribution in [2.24, 2.45) is 0 Å². The Morgan fingerprint density at radius 1 is 1.09 bits per heavy atom. The fourth-order valence-corrected chi connectivity index (χ4v) is 2.22. The van der Waals surface area contributed by atoms with Crippen molar-refractivity contribution in [1.29, 1.82) is 0 Å². The van der Waals surface area contributed by atoms with Crippen molar-refractivity contribution in [2.45, 2.75) is 12.6 Å². The Labute approximate surface area is 139 Å². The topological polar surface area (TPSA) is 64.6 Å². The Bertz CT molecular complexity index is 675. The molecule has 6 heteroatoms. The Balaban J connectivity index is 2.05. The van der Waals surface area contributed by atoms with Gasteiger partial charge in [0.15, 0.2) is 6.04 Å². The summed E-state index contributed by atoms with van der Waals surface area (Å²) in [7, 11) is 1.24. The number of halogens is 1. The maximum absolute atomic E-state index is 11.9. The summed E-state index contributed by atoms with van der Waals surface area (Å²) >= 11 is 6.08. The first-order valence-electron chi connectivity index (χ1n) is 6.91. The molecule has 0 spiro atoms. The number of hydrogen-bond donors (Lipinski definition) is 1. The average Bonchev–Trinajstić information content (AvgIpc) is 2.59. The SMILES string of the molecule is COC(=O)[C@@H](NC(=O)OCc1ccccc1)c1ccccc1Cl. The van der Waals surface area contributed by atoms with E-state index in [2.05, 4.69) is 5.32 Å². The first-order chi connectivity index (χ1) is 11.1. The lowest BCUT2D eigenvalue weighted by Gasteiger charge is -2.17. The van der Waals surface area contributed by atoms with Crippen LogP contribution in [0.5, 0.6) is 0 Å². The molecule has 0 saturated heterocycles. The second-order valence-corrected chi connectivity index (χ2v) is 5.09. The van der Waals surface area contributed by atoms with E-state index in [1.807, 2.05) is 30.3 Å². The molecule has 0 bridgehead atoms. The summed E-state index contributed by atoms with van der Waals surface area (Å²) < 4.78 is 9.83. The quantitative estimate of drug-likeness (QED) is 0.851. The molecule has 1 N–H and O–H groups in total. The van der Waals surface area contributed by atoms with Gasteiger partial charge in [-0.05, 0) is 11.6 Å². The van der Waals surface area contributed by atoms with Crippen LogP contribution in [0.15, 0.2) is 54.6 Å². The predicted octanol–water partition coefficient (Wildman–Crippen LogP) is 3.48. The van der Waals surface area contributed by atoms with Gasteiger partial charge in [0.25, 0.3) is 0 Å². The Morgan fingerprint density at radius 3 is 2.39 bits per heavy atom. The van der Waals surface area contributed by atoms with Crippen molar-refractivity contribution < 1.29 is 19.1 Å². The largest absolute Gasteiger partial charge is 0.467 e. The molecule has 2 rings (SSSR count). The first-order valence-corrected chi connectivity index (χ1v) is 7.29. The molecule has 1 atom stereocenters. The van der Waals surface area contributed by atoms with Gasteiger partial charge in [0.2, 0.25) is 0 Å². The number of rotatable bonds is 5. The molecule has 0 aliphatic carbocycles. The zero-order valence-corrected chi connectivity index (χ0v) is 13.2. The van der Waals surface area contributed by atoms with E-state index < -0.39 is 18.1 Å². The number of carbonyl (C=O) groups excluding carboxylic acids is 2. The third-order valence-electron chi connectivity index (χ3n) is 3.13. The lowest BCUT2D eigenvalue weighted by Crippen LogP contribution is -2.35. The molecule has 23 heavy (non-hydrogen) atoms. The molecule has 0 aliphatic rings. The summed E-state index contributed by atoms with van der Waals surface area (Å²) in [6.45, 7) is 0.100. The van der Waals surface area contributed by atoms with Crippen LogP contribution in [0, 0.1) is 0 Å². The van der Waals surface area contributed by atoms with Gasteiger partial charge in [-0.1, -0.05) is 60.1 Å². The lowest BCUT2D eigenvalue weighted by molar-refractivity contribution is -0.143. The van der Waals surface area contributed by atoms with Gasteiger partial charge in [-0.3, -0.25) is 0 Å². The summed E-state index contributed by atoms with van der Waals surface area (Å²) in [6.07, 6.45) is -0.732. The van der Waals surface area contributed by atoms with Crippen LogP contribution in [0.4, 0.5) is 4.79 Å². The van der Waals surface area contributed by atoms with Gasteiger partial charge in [-0.25, -0.2) is 9.59 Å². The summed E-state index contributed by atoms with van der Waals surface area (Å²) in [6, 6.07) is 14.9. The van der Waals surface area contributed by atoms with Crippen LogP contribution in [0.25, 0.3) is 0 Å². The van der Waals surface area contributed by atoms with Crippen LogP contribution >= 0.6 is 11.6 Å². The first kappa shape index (κ1) is 16.8. The minimum atomic E-state index is -1.03. The summed E-state index contributed by atoms with van der Waals surface area (Å²) in [5.41, 5.74) is 1.28. The van der Waals surface area contributed by atoms with Crippen molar-refractivity contribution >= 4 is 23.7 Å². The van der Waals surface area contributed by atoms with Gasteiger partial charge in [0.1, 0.15) is 6.61 Å². The highest BCUT2D eigenvalue weighted by Gasteiger charge is 2.26. The Morgan fingerprint density at radius 2 is 1.74 bits per heavy atom. The van der Waals surface area contributed by atoms with Crippen LogP contribution < -0.4 is 5.32 Å². The molecule has 2 aromatic rings. The van der Waals surface area contributed by atoms with Crippen LogP contribution in [-0.4, -0.2) is 19.2 Å². The van der Waals surface area contributed by atoms with E-state index in [1.165, 1.54) is 7.11 Å². The van der Waals surface area contributed by atoms with Crippen LogP contribution in [-0.2, 0) is 20.9 Å². The molecule has 120 valence electrons. The van der Waals surface area contributed by atoms with Gasteiger partial charge < -0.3 is 14.8 Å². The van der Waals surface area contributed by atoms with Crippen molar-refractivity contribution in [1.82, 2.24) is 5.32 Å². The molecule has 1 amide bonds. The van der Waals surface area contributed by atoms with E-state index in [4.69, 9.17) is 21.1 Å². The van der Waals surface area contributed by atoms with Gasteiger partial charge in [0, 0.05) is 10.6 Å². The maximum atomic E-state index is 11.9. The van der Waals surface area contributed by atoms with E-state index in [9.17, 15) is 9.59 Å². The second kappa shape index (κ2) is 8.19. The molecule has 0 aliphatic heterocycles. The number of esters is 1. The third kappa shape index (κ3) is 4.72. The monoisotopic (exact) mass is 333 g/mol. The van der Waals surface area contributed by atoms with E-state index >= 15 is 0 Å². The van der Waals surface area contributed by atoms with Crippen molar-refractivity contribution in [2.75, 3.05) is 7.11 Å². The molecule has 0 unspecified atom stereocenters. The fourth-order valence-electron chi connectivity index (χ4n) is 1.97. The van der Waals surface area contributed by atoms with Gasteiger partial charge in [-0.15, -0.1) is 0 Å². The van der Waals surface area contributed by atoms with Crippen molar-refractivity contribution in [3.63, 3.8) is 0 Å². The lowest BCUT2D eigenvalue weighted by atomic mass is 10.1. The van der Waals surface area contributed by atoms with E-state index in [0.29, 0.717) is 10.6 Å². The average molecular weight is 334 g/mol. The van der Waals surface area contributed by atoms with Crippen LogP contribution in [0.2, 0.25) is 5.02 Å². The van der Waals surface area contributed by atoms with E-state index in [0.717, 1.165) is 5.56 Å². The summed E-state index contributed by atoms with van der Waals surface area (Å²) in [5, 5.41) is 2.83. The molecule has 0 radical (unpaired) electrons. The third-order valence-corrected chi connectivity index (χ3v) is 3.47. The molecule has 2 aromatic carbocycles. The molecule has 0 saturated carbocycles. The smallest absolute Gasteiger partial charge is 0.408 e. The minimum Gasteiger partial charge on any atom is -0.467 e. The summed E-state index contributed by atoms with van der Waals surface area (Å²) in [4.78, 5) is 23.9. The van der Waals surface area contributed by atoms with E-state index in [-0.39, 0.29) is 6.61 Å². The van der Waals surface area contributed by atoms with Crippen LogP contribution in [0.1, 0.15) is 17.2 Å². The number of alkyl carbamates (subject to hydrolysis) is 1. The number of ether oxygens (including phenoxy) is 2. The van der Waals surface area contributed by atoms with Crippen molar-refractivity contribution in [3.8, 4) is 0 Å². The van der Waals surface area contributed by atoms with Gasteiger partial charge in [-0.2, -0.15) is 0 Å².